The number of likely N-dealkylation sites (tertiary alicyclic amines) is 1. The van der Waals surface area contributed by atoms with E-state index < -0.39 is 5.60 Å². The Bertz CT molecular complexity index is 285. The van der Waals surface area contributed by atoms with Crippen LogP contribution in [0.2, 0.25) is 0 Å². The number of terminal acetylenes is 1. The third-order valence-corrected chi connectivity index (χ3v) is 2.56. The zero-order valence-electron chi connectivity index (χ0n) is 10.5. The van der Waals surface area contributed by atoms with Crippen LogP contribution in [-0.4, -0.2) is 29.7 Å². The van der Waals surface area contributed by atoms with Crippen LogP contribution < -0.4 is 0 Å². The number of ether oxygens (including phenoxy) is 1. The first kappa shape index (κ1) is 12.9. The van der Waals surface area contributed by atoms with Crippen molar-refractivity contribution in [3.63, 3.8) is 0 Å². The first-order chi connectivity index (χ1) is 7.42. The molecule has 0 aromatic heterocycles. The maximum atomic E-state index is 11.9. The predicted octanol–water partition coefficient (Wildman–Crippen LogP) is 2.66. The van der Waals surface area contributed by atoms with Crippen LogP contribution in [0.1, 0.15) is 40.0 Å². The fraction of sp³-hybridized carbons (Fsp3) is 0.769. The van der Waals surface area contributed by atoms with Crippen LogP contribution in [-0.2, 0) is 4.74 Å². The molecule has 1 amide bonds. The molecule has 1 heterocycles. The van der Waals surface area contributed by atoms with Crippen LogP contribution in [0.5, 0.6) is 0 Å². The molecule has 1 fully saturated rings. The normalized spacial score (nSPS) is 22.1. The van der Waals surface area contributed by atoms with Crippen molar-refractivity contribution < 1.29 is 9.53 Å². The third-order valence-electron chi connectivity index (χ3n) is 2.56. The Morgan fingerprint density at radius 3 is 2.69 bits per heavy atom. The van der Waals surface area contributed by atoms with Crippen molar-refractivity contribution in [2.45, 2.75) is 45.6 Å². The van der Waals surface area contributed by atoms with Gasteiger partial charge in [-0.05, 0) is 33.6 Å². The van der Waals surface area contributed by atoms with E-state index in [4.69, 9.17) is 11.2 Å². The molecule has 90 valence electrons. The van der Waals surface area contributed by atoms with Gasteiger partial charge in [-0.2, -0.15) is 0 Å². The fourth-order valence-electron chi connectivity index (χ4n) is 1.77. The molecule has 3 nitrogen and oxygen atoms in total. The molecular weight excluding hydrogens is 202 g/mol. The van der Waals surface area contributed by atoms with Crippen molar-refractivity contribution in [3.05, 3.63) is 0 Å². The second kappa shape index (κ2) is 5.25. The van der Waals surface area contributed by atoms with Crippen molar-refractivity contribution >= 4 is 6.09 Å². The summed E-state index contributed by atoms with van der Waals surface area (Å²) in [6.45, 7) is 7.02. The quantitative estimate of drug-likeness (QED) is 0.591. The molecule has 1 saturated heterocycles. The molecule has 0 aromatic carbocycles. The summed E-state index contributed by atoms with van der Waals surface area (Å²) >= 11 is 0. The summed E-state index contributed by atoms with van der Waals surface area (Å²) in [7, 11) is 0. The van der Waals surface area contributed by atoms with E-state index in [1.54, 1.807) is 4.90 Å². The Morgan fingerprint density at radius 2 is 2.12 bits per heavy atom. The highest BCUT2D eigenvalue weighted by molar-refractivity contribution is 5.68. The molecular formula is C13H21NO2. The lowest BCUT2D eigenvalue weighted by Gasteiger charge is -2.27. The molecule has 0 saturated carbocycles. The van der Waals surface area contributed by atoms with E-state index in [0.717, 1.165) is 25.8 Å². The summed E-state index contributed by atoms with van der Waals surface area (Å²) in [5, 5.41) is 0. The molecule has 3 heteroatoms. The number of amides is 1. The summed E-state index contributed by atoms with van der Waals surface area (Å²) in [6, 6.07) is 0. The smallest absolute Gasteiger partial charge is 0.410 e. The molecule has 16 heavy (non-hydrogen) atoms. The second-order valence-electron chi connectivity index (χ2n) is 5.29. The number of hydrogen-bond donors (Lipinski definition) is 0. The van der Waals surface area contributed by atoms with Gasteiger partial charge in [0.2, 0.25) is 0 Å². The molecule has 0 radical (unpaired) electrons. The molecule has 1 aliphatic rings. The Kier molecular flexibility index (Phi) is 4.23. The van der Waals surface area contributed by atoms with Crippen molar-refractivity contribution in [3.8, 4) is 12.3 Å². The van der Waals surface area contributed by atoms with Crippen LogP contribution in [0.3, 0.4) is 0 Å². The standard InChI is InChI=1S/C13H21NO2/c1-5-11-8-6-7-9-14(10-11)12(15)16-13(2,3)4/h1,11H,6-10H2,2-4H3/t11-/m0/s1. The molecule has 0 N–H and O–H groups in total. The van der Waals surface area contributed by atoms with E-state index in [9.17, 15) is 4.79 Å². The van der Waals surface area contributed by atoms with Gasteiger partial charge in [0.05, 0.1) is 0 Å². The summed E-state index contributed by atoms with van der Waals surface area (Å²) in [5.41, 5.74) is -0.435. The molecule has 0 aliphatic carbocycles. The topological polar surface area (TPSA) is 29.5 Å². The number of rotatable bonds is 0. The highest BCUT2D eigenvalue weighted by Gasteiger charge is 2.25. The largest absolute Gasteiger partial charge is 0.444 e. The second-order valence-corrected chi connectivity index (χ2v) is 5.29. The number of nitrogens with zero attached hydrogens (tertiary/aromatic N) is 1. The minimum Gasteiger partial charge on any atom is -0.444 e. The average molecular weight is 223 g/mol. The van der Waals surface area contributed by atoms with Gasteiger partial charge in [-0.25, -0.2) is 4.79 Å². The minimum absolute atomic E-state index is 0.176. The monoisotopic (exact) mass is 223 g/mol. The molecule has 1 aliphatic heterocycles. The van der Waals surface area contributed by atoms with E-state index >= 15 is 0 Å². The van der Waals surface area contributed by atoms with E-state index in [0.29, 0.717) is 6.54 Å². The molecule has 1 atom stereocenters. The van der Waals surface area contributed by atoms with Gasteiger partial charge in [0, 0.05) is 19.0 Å². The Morgan fingerprint density at radius 1 is 1.44 bits per heavy atom. The van der Waals surface area contributed by atoms with Crippen LogP contribution in [0, 0.1) is 18.3 Å². The maximum Gasteiger partial charge on any atom is 0.410 e. The lowest BCUT2D eigenvalue weighted by molar-refractivity contribution is 0.0245. The van der Waals surface area contributed by atoms with E-state index in [2.05, 4.69) is 5.92 Å². The molecule has 1 rings (SSSR count). The summed E-state index contributed by atoms with van der Waals surface area (Å²) in [5.74, 6) is 2.92. The molecule has 0 aromatic rings. The molecule has 0 unspecified atom stereocenters. The maximum absolute atomic E-state index is 11.9. The van der Waals surface area contributed by atoms with Crippen LogP contribution >= 0.6 is 0 Å². The van der Waals surface area contributed by atoms with Crippen LogP contribution in [0.15, 0.2) is 0 Å². The zero-order valence-corrected chi connectivity index (χ0v) is 10.5. The van der Waals surface area contributed by atoms with Gasteiger partial charge in [0.25, 0.3) is 0 Å². The van der Waals surface area contributed by atoms with Gasteiger partial charge in [0.1, 0.15) is 5.60 Å². The zero-order chi connectivity index (χ0) is 12.2. The Labute approximate surface area is 98.1 Å². The Balaban J connectivity index is 2.57. The van der Waals surface area contributed by atoms with Gasteiger partial charge < -0.3 is 9.64 Å². The minimum atomic E-state index is -0.435. The van der Waals surface area contributed by atoms with Crippen molar-refractivity contribution in [1.29, 1.82) is 0 Å². The summed E-state index contributed by atoms with van der Waals surface area (Å²) in [6.07, 6.45) is 8.30. The van der Waals surface area contributed by atoms with Crippen molar-refractivity contribution in [2.24, 2.45) is 5.92 Å². The van der Waals surface area contributed by atoms with Crippen LogP contribution in [0.25, 0.3) is 0 Å². The molecule has 0 bridgehead atoms. The SMILES string of the molecule is C#C[C@H]1CCCCN(C(=O)OC(C)(C)C)C1. The van der Waals surface area contributed by atoms with Gasteiger partial charge >= 0.3 is 6.09 Å². The lowest BCUT2D eigenvalue weighted by atomic mass is 10.1. The van der Waals surface area contributed by atoms with E-state index in [-0.39, 0.29) is 12.0 Å². The Hall–Kier alpha value is -1.17. The average Bonchev–Trinajstić information content (AvgIpc) is 2.39. The van der Waals surface area contributed by atoms with Gasteiger partial charge in [-0.1, -0.05) is 6.42 Å². The fourth-order valence-corrected chi connectivity index (χ4v) is 1.77. The van der Waals surface area contributed by atoms with E-state index in [1.165, 1.54) is 0 Å². The van der Waals surface area contributed by atoms with Crippen molar-refractivity contribution in [1.82, 2.24) is 4.90 Å². The first-order valence-corrected chi connectivity index (χ1v) is 5.86. The number of carbonyl (C=O) groups excluding carboxylic acids is 1. The van der Waals surface area contributed by atoms with Crippen molar-refractivity contribution in [2.75, 3.05) is 13.1 Å². The van der Waals surface area contributed by atoms with Gasteiger partial charge in [0.15, 0.2) is 0 Å². The third kappa shape index (κ3) is 4.14. The number of hydrogen-bond acceptors (Lipinski definition) is 2. The first-order valence-electron chi connectivity index (χ1n) is 5.86. The van der Waals surface area contributed by atoms with E-state index in [1.807, 2.05) is 20.8 Å². The summed E-state index contributed by atoms with van der Waals surface area (Å²) in [4.78, 5) is 13.6. The highest BCUT2D eigenvalue weighted by Crippen LogP contribution is 2.18. The highest BCUT2D eigenvalue weighted by atomic mass is 16.6. The summed E-state index contributed by atoms with van der Waals surface area (Å²) < 4.78 is 5.34. The predicted molar refractivity (Wildman–Crippen MR) is 64.0 cm³/mol. The van der Waals surface area contributed by atoms with Gasteiger partial charge in [-0.3, -0.25) is 0 Å². The van der Waals surface area contributed by atoms with Gasteiger partial charge in [-0.15, -0.1) is 12.3 Å². The lowest BCUT2D eigenvalue weighted by Crippen LogP contribution is -2.38. The van der Waals surface area contributed by atoms with Crippen LogP contribution in [0.4, 0.5) is 4.79 Å². The molecule has 0 spiro atoms. The number of carbonyl (C=O) groups is 1.